The molecule has 0 atom stereocenters. The van der Waals surface area contributed by atoms with Gasteiger partial charge in [0.05, 0.1) is 11.0 Å². The Morgan fingerprint density at radius 2 is 1.91 bits per heavy atom. The Kier molecular flexibility index (Phi) is 3.62. The summed E-state index contributed by atoms with van der Waals surface area (Å²) in [6.45, 7) is 2.00. The first-order chi connectivity index (χ1) is 10.6. The van der Waals surface area contributed by atoms with Gasteiger partial charge in [0.15, 0.2) is 0 Å². The molecule has 0 aliphatic carbocycles. The van der Waals surface area contributed by atoms with Crippen LogP contribution in [0, 0.1) is 6.92 Å². The van der Waals surface area contributed by atoms with Gasteiger partial charge in [-0.2, -0.15) is 0 Å². The molecule has 3 aromatic rings. The number of amides is 1. The maximum atomic E-state index is 11.9. The van der Waals surface area contributed by atoms with Crippen molar-refractivity contribution in [2.24, 2.45) is 0 Å². The number of rotatable bonds is 3. The molecule has 0 spiro atoms. The van der Waals surface area contributed by atoms with Crippen molar-refractivity contribution in [3.05, 3.63) is 70.2 Å². The normalized spacial score (nSPS) is 11.1. The summed E-state index contributed by atoms with van der Waals surface area (Å²) in [5, 5.41) is 2.77. The topological polar surface area (TPSA) is 77.8 Å². The lowest BCUT2D eigenvalue weighted by molar-refractivity contribution is -0.111. The fourth-order valence-corrected chi connectivity index (χ4v) is 2.24. The summed E-state index contributed by atoms with van der Waals surface area (Å²) in [6, 6.07) is 13.1. The Bertz CT molecular complexity index is 919. The summed E-state index contributed by atoms with van der Waals surface area (Å²) in [4.78, 5) is 28.4. The van der Waals surface area contributed by atoms with Gasteiger partial charge in [-0.1, -0.05) is 29.8 Å². The third kappa shape index (κ3) is 3.15. The summed E-state index contributed by atoms with van der Waals surface area (Å²) in [6.07, 6.45) is 3.25. The van der Waals surface area contributed by atoms with Gasteiger partial charge in [0.25, 0.3) is 0 Å². The van der Waals surface area contributed by atoms with Crippen LogP contribution < -0.4 is 11.0 Å². The van der Waals surface area contributed by atoms with Crippen molar-refractivity contribution in [2.45, 2.75) is 6.92 Å². The number of aromatic nitrogens is 2. The minimum atomic E-state index is -0.266. The largest absolute Gasteiger partial charge is 0.323 e. The average Bonchev–Trinajstić information content (AvgIpc) is 2.84. The summed E-state index contributed by atoms with van der Waals surface area (Å²) in [5.74, 6) is -0.223. The number of hydrogen-bond donors (Lipinski definition) is 3. The Balaban J connectivity index is 1.73. The molecule has 5 nitrogen and oxygen atoms in total. The molecule has 22 heavy (non-hydrogen) atoms. The van der Waals surface area contributed by atoms with Gasteiger partial charge in [-0.25, -0.2) is 4.79 Å². The molecule has 1 amide bonds. The highest BCUT2D eigenvalue weighted by Gasteiger charge is 2.02. The van der Waals surface area contributed by atoms with Crippen LogP contribution in [0.1, 0.15) is 11.1 Å². The maximum Gasteiger partial charge on any atom is 0.323 e. The molecule has 1 heterocycles. The van der Waals surface area contributed by atoms with E-state index in [1.54, 1.807) is 24.3 Å². The molecule has 0 unspecified atom stereocenters. The maximum absolute atomic E-state index is 11.9. The first-order valence-corrected chi connectivity index (χ1v) is 6.88. The number of benzene rings is 2. The van der Waals surface area contributed by atoms with Gasteiger partial charge < -0.3 is 15.3 Å². The minimum Gasteiger partial charge on any atom is -0.322 e. The molecule has 2 aromatic carbocycles. The van der Waals surface area contributed by atoms with Crippen LogP contribution in [-0.4, -0.2) is 15.9 Å². The molecule has 0 fully saturated rings. The summed E-state index contributed by atoms with van der Waals surface area (Å²) in [5.41, 5.74) is 3.84. The molecule has 1 aromatic heterocycles. The zero-order valence-electron chi connectivity index (χ0n) is 12.0. The first-order valence-electron chi connectivity index (χ1n) is 6.88. The summed E-state index contributed by atoms with van der Waals surface area (Å²) >= 11 is 0. The van der Waals surface area contributed by atoms with E-state index >= 15 is 0 Å². The van der Waals surface area contributed by atoms with Gasteiger partial charge in [0, 0.05) is 11.8 Å². The first kappa shape index (κ1) is 13.9. The minimum absolute atomic E-state index is 0.223. The number of anilines is 1. The molecule has 0 saturated heterocycles. The average molecular weight is 293 g/mol. The van der Waals surface area contributed by atoms with Crippen LogP contribution in [-0.2, 0) is 4.79 Å². The van der Waals surface area contributed by atoms with Crippen molar-refractivity contribution in [2.75, 3.05) is 5.32 Å². The molecule has 3 rings (SSSR count). The molecule has 0 aliphatic rings. The number of carbonyl (C=O) groups is 1. The highest BCUT2D eigenvalue weighted by Crippen LogP contribution is 2.14. The summed E-state index contributed by atoms with van der Waals surface area (Å²) in [7, 11) is 0. The Labute approximate surface area is 126 Å². The smallest absolute Gasteiger partial charge is 0.322 e. The van der Waals surface area contributed by atoms with Crippen LogP contribution in [0.3, 0.4) is 0 Å². The lowest BCUT2D eigenvalue weighted by Crippen LogP contribution is -2.07. The van der Waals surface area contributed by atoms with Crippen molar-refractivity contribution in [3.8, 4) is 0 Å². The van der Waals surface area contributed by atoms with E-state index in [2.05, 4.69) is 15.3 Å². The van der Waals surface area contributed by atoms with Crippen LogP contribution in [0.2, 0.25) is 0 Å². The van der Waals surface area contributed by atoms with E-state index in [4.69, 9.17) is 0 Å². The lowest BCUT2D eigenvalue weighted by atomic mass is 10.1. The second kappa shape index (κ2) is 5.73. The van der Waals surface area contributed by atoms with E-state index in [-0.39, 0.29) is 11.6 Å². The number of H-pyrrole nitrogens is 2. The third-order valence-electron chi connectivity index (χ3n) is 3.25. The molecule has 3 N–H and O–H groups in total. The SMILES string of the molecule is Cc1cccc(C=CC(=O)Nc2ccc3[nH]c(=O)[nH]c3c2)c1. The van der Waals surface area contributed by atoms with Crippen molar-refractivity contribution in [3.63, 3.8) is 0 Å². The van der Waals surface area contributed by atoms with E-state index < -0.39 is 0 Å². The number of carbonyl (C=O) groups excluding carboxylic acids is 1. The van der Waals surface area contributed by atoms with Crippen molar-refractivity contribution in [1.82, 2.24) is 9.97 Å². The zero-order valence-corrected chi connectivity index (χ0v) is 12.0. The fourth-order valence-electron chi connectivity index (χ4n) is 2.24. The number of aryl methyl sites for hydroxylation is 1. The highest BCUT2D eigenvalue weighted by molar-refractivity contribution is 6.02. The molecule has 0 saturated carbocycles. The van der Waals surface area contributed by atoms with Gasteiger partial charge >= 0.3 is 5.69 Å². The van der Waals surface area contributed by atoms with Crippen molar-refractivity contribution in [1.29, 1.82) is 0 Å². The van der Waals surface area contributed by atoms with Crippen LogP contribution in [0.15, 0.2) is 53.3 Å². The van der Waals surface area contributed by atoms with E-state index in [9.17, 15) is 9.59 Å². The molecular weight excluding hydrogens is 278 g/mol. The van der Waals surface area contributed by atoms with Crippen molar-refractivity contribution >= 4 is 28.7 Å². The molecule has 110 valence electrons. The van der Waals surface area contributed by atoms with Crippen LogP contribution in [0.25, 0.3) is 17.1 Å². The Hall–Kier alpha value is -3.08. The van der Waals surface area contributed by atoms with Gasteiger partial charge in [0.2, 0.25) is 5.91 Å². The number of aromatic amines is 2. The number of fused-ring (bicyclic) bond motifs is 1. The fraction of sp³-hybridized carbons (Fsp3) is 0.0588. The predicted octanol–water partition coefficient (Wildman–Crippen LogP) is 2.82. The standard InChI is InChI=1S/C17H15N3O2/c1-11-3-2-4-12(9-11)5-8-16(21)18-13-6-7-14-15(10-13)20-17(22)19-14/h2-10H,1H3,(H,18,21)(H2,19,20,22). The number of hydrogen-bond acceptors (Lipinski definition) is 2. The zero-order chi connectivity index (χ0) is 15.5. The highest BCUT2D eigenvalue weighted by atomic mass is 16.1. The van der Waals surface area contributed by atoms with Gasteiger partial charge in [-0.05, 0) is 36.8 Å². The Morgan fingerprint density at radius 1 is 1.09 bits per heavy atom. The molecule has 0 radical (unpaired) electrons. The van der Waals surface area contributed by atoms with E-state index in [0.29, 0.717) is 16.7 Å². The molecule has 0 bridgehead atoms. The monoisotopic (exact) mass is 293 g/mol. The number of nitrogens with one attached hydrogen (secondary N) is 3. The third-order valence-corrected chi connectivity index (χ3v) is 3.25. The molecule has 5 heteroatoms. The number of imidazole rings is 1. The molecule has 0 aliphatic heterocycles. The van der Waals surface area contributed by atoms with E-state index in [1.807, 2.05) is 31.2 Å². The van der Waals surface area contributed by atoms with Gasteiger partial charge in [0.1, 0.15) is 0 Å². The molecular formula is C17H15N3O2. The van der Waals surface area contributed by atoms with Crippen LogP contribution in [0.5, 0.6) is 0 Å². The quantitative estimate of drug-likeness (QED) is 0.649. The Morgan fingerprint density at radius 3 is 2.73 bits per heavy atom. The van der Waals surface area contributed by atoms with Crippen LogP contribution in [0.4, 0.5) is 5.69 Å². The predicted molar refractivity (Wildman–Crippen MR) is 87.8 cm³/mol. The van der Waals surface area contributed by atoms with Gasteiger partial charge in [-0.3, -0.25) is 4.79 Å². The second-order valence-electron chi connectivity index (χ2n) is 5.08. The van der Waals surface area contributed by atoms with Gasteiger partial charge in [-0.15, -0.1) is 0 Å². The second-order valence-corrected chi connectivity index (χ2v) is 5.08. The van der Waals surface area contributed by atoms with E-state index in [1.165, 1.54) is 6.08 Å². The summed E-state index contributed by atoms with van der Waals surface area (Å²) < 4.78 is 0. The van der Waals surface area contributed by atoms with E-state index in [0.717, 1.165) is 11.1 Å². The lowest BCUT2D eigenvalue weighted by Gasteiger charge is -2.02. The van der Waals surface area contributed by atoms with Crippen LogP contribution >= 0.6 is 0 Å². The van der Waals surface area contributed by atoms with Crippen molar-refractivity contribution < 1.29 is 4.79 Å².